The summed E-state index contributed by atoms with van der Waals surface area (Å²) in [6, 6.07) is 14.4. The van der Waals surface area contributed by atoms with E-state index >= 15 is 0 Å². The van der Waals surface area contributed by atoms with Crippen LogP contribution in [0.4, 0.5) is 5.69 Å². The number of aromatic nitrogens is 2. The number of para-hydroxylation sites is 2. The topological polar surface area (TPSA) is 102 Å². The van der Waals surface area contributed by atoms with Crippen LogP contribution in [0.25, 0.3) is 10.9 Å². The molecule has 35 heavy (non-hydrogen) atoms. The van der Waals surface area contributed by atoms with Crippen LogP contribution in [-0.4, -0.2) is 45.9 Å². The van der Waals surface area contributed by atoms with Gasteiger partial charge in [-0.1, -0.05) is 36.0 Å². The molecule has 2 aromatic carbocycles. The third-order valence-electron chi connectivity index (χ3n) is 5.49. The van der Waals surface area contributed by atoms with E-state index in [4.69, 9.17) is 4.74 Å². The lowest BCUT2D eigenvalue weighted by atomic mass is 10.1. The number of benzene rings is 2. The van der Waals surface area contributed by atoms with Crippen LogP contribution in [0.2, 0.25) is 0 Å². The lowest BCUT2D eigenvalue weighted by Crippen LogP contribution is -2.27. The largest absolute Gasteiger partial charge is 0.379 e. The van der Waals surface area contributed by atoms with Crippen LogP contribution in [-0.2, 0) is 16.1 Å². The Labute approximate surface area is 208 Å². The van der Waals surface area contributed by atoms with Crippen molar-refractivity contribution in [3.8, 4) is 0 Å². The van der Waals surface area contributed by atoms with Gasteiger partial charge in [-0.2, -0.15) is 0 Å². The second-order valence-corrected chi connectivity index (χ2v) is 9.71. The van der Waals surface area contributed by atoms with Crippen LogP contribution < -0.4 is 16.2 Å². The van der Waals surface area contributed by atoms with Crippen LogP contribution in [0, 0.1) is 0 Å². The van der Waals surface area contributed by atoms with E-state index < -0.39 is 0 Å². The van der Waals surface area contributed by atoms with Gasteiger partial charge in [0.25, 0.3) is 11.5 Å². The highest BCUT2D eigenvalue weighted by molar-refractivity contribution is 7.99. The van der Waals surface area contributed by atoms with Gasteiger partial charge in [-0.05, 0) is 57.4 Å². The number of thioether (sulfide) groups is 1. The minimum atomic E-state index is -0.279. The minimum absolute atomic E-state index is 0.0475. The molecule has 0 aliphatic heterocycles. The molecule has 0 saturated heterocycles. The molecular weight excluding hydrogens is 464 g/mol. The number of hydrogen-bond donors (Lipinski definition) is 2. The van der Waals surface area contributed by atoms with Crippen molar-refractivity contribution >= 4 is 40.2 Å². The maximum atomic E-state index is 13.1. The summed E-state index contributed by atoms with van der Waals surface area (Å²) in [5, 5.41) is 6.81. The Morgan fingerprint density at radius 3 is 2.66 bits per heavy atom. The van der Waals surface area contributed by atoms with Gasteiger partial charge in [0.05, 0.1) is 34.0 Å². The molecule has 8 nitrogen and oxygen atoms in total. The van der Waals surface area contributed by atoms with E-state index in [9.17, 15) is 14.4 Å². The molecule has 0 atom stereocenters. The summed E-state index contributed by atoms with van der Waals surface area (Å²) in [5.74, 6) is -0.422. The Hall–Kier alpha value is -3.17. The lowest BCUT2D eigenvalue weighted by Gasteiger charge is -2.14. The quantitative estimate of drug-likeness (QED) is 0.239. The number of carbonyl (C=O) groups is 2. The van der Waals surface area contributed by atoms with Gasteiger partial charge >= 0.3 is 0 Å². The van der Waals surface area contributed by atoms with Gasteiger partial charge in [0, 0.05) is 19.2 Å². The molecule has 4 rings (SSSR count). The second-order valence-electron chi connectivity index (χ2n) is 8.77. The molecule has 1 heterocycles. The summed E-state index contributed by atoms with van der Waals surface area (Å²) in [5.41, 5.74) is 1.36. The van der Waals surface area contributed by atoms with Crippen molar-refractivity contribution in [1.29, 1.82) is 0 Å². The number of carbonyl (C=O) groups excluding carboxylic acids is 2. The highest BCUT2D eigenvalue weighted by Crippen LogP contribution is 2.23. The van der Waals surface area contributed by atoms with Crippen LogP contribution >= 0.6 is 11.8 Å². The summed E-state index contributed by atoms with van der Waals surface area (Å²) in [4.78, 5) is 43.1. The van der Waals surface area contributed by atoms with Gasteiger partial charge in [0.1, 0.15) is 0 Å². The molecule has 9 heteroatoms. The molecule has 1 saturated carbocycles. The van der Waals surface area contributed by atoms with Crippen molar-refractivity contribution in [3.05, 3.63) is 64.4 Å². The molecule has 1 aliphatic rings. The van der Waals surface area contributed by atoms with Gasteiger partial charge < -0.3 is 15.4 Å². The number of fused-ring (bicyclic) bond motifs is 1. The maximum Gasteiger partial charge on any atom is 0.262 e. The van der Waals surface area contributed by atoms with E-state index in [1.807, 2.05) is 26.0 Å². The number of rotatable bonds is 11. The predicted octanol–water partition coefficient (Wildman–Crippen LogP) is 3.83. The summed E-state index contributed by atoms with van der Waals surface area (Å²) in [6.45, 7) is 4.91. The SMILES string of the molecule is CC(C)OCCCn1c(SCC(=O)Nc2ccccc2C(=O)NC2CC2)nc2ccccc2c1=O. The van der Waals surface area contributed by atoms with E-state index in [2.05, 4.69) is 15.6 Å². The van der Waals surface area contributed by atoms with Crippen molar-refractivity contribution in [1.82, 2.24) is 14.9 Å². The molecule has 1 aliphatic carbocycles. The first-order valence-corrected chi connectivity index (χ1v) is 12.8. The summed E-state index contributed by atoms with van der Waals surface area (Å²) in [7, 11) is 0. The van der Waals surface area contributed by atoms with Crippen LogP contribution in [0.1, 0.15) is 43.5 Å². The average molecular weight is 495 g/mol. The fourth-order valence-electron chi connectivity index (χ4n) is 3.59. The highest BCUT2D eigenvalue weighted by Gasteiger charge is 2.25. The van der Waals surface area contributed by atoms with E-state index in [-0.39, 0.29) is 35.3 Å². The zero-order chi connectivity index (χ0) is 24.8. The van der Waals surface area contributed by atoms with E-state index in [0.29, 0.717) is 46.9 Å². The number of ether oxygens (including phenoxy) is 1. The van der Waals surface area contributed by atoms with Crippen LogP contribution in [0.15, 0.2) is 58.5 Å². The van der Waals surface area contributed by atoms with Crippen molar-refractivity contribution < 1.29 is 14.3 Å². The number of amides is 2. The Morgan fingerprint density at radius 2 is 1.89 bits per heavy atom. The van der Waals surface area contributed by atoms with Gasteiger partial charge in [-0.25, -0.2) is 4.98 Å². The van der Waals surface area contributed by atoms with Gasteiger partial charge in [-0.3, -0.25) is 19.0 Å². The fraction of sp³-hybridized carbons (Fsp3) is 0.385. The first-order chi connectivity index (χ1) is 16.9. The third-order valence-corrected chi connectivity index (χ3v) is 6.47. The highest BCUT2D eigenvalue weighted by atomic mass is 32.2. The Kier molecular flexibility index (Phi) is 8.20. The minimum Gasteiger partial charge on any atom is -0.379 e. The Balaban J connectivity index is 1.47. The summed E-state index contributed by atoms with van der Waals surface area (Å²) >= 11 is 1.20. The van der Waals surface area contributed by atoms with Crippen LogP contribution in [0.5, 0.6) is 0 Å². The van der Waals surface area contributed by atoms with E-state index in [1.54, 1.807) is 41.0 Å². The molecule has 1 fully saturated rings. The molecule has 0 unspecified atom stereocenters. The van der Waals surface area contributed by atoms with E-state index in [0.717, 1.165) is 12.8 Å². The average Bonchev–Trinajstić information content (AvgIpc) is 3.66. The first kappa shape index (κ1) is 24.9. The molecule has 2 amide bonds. The number of nitrogens with one attached hydrogen (secondary N) is 2. The Morgan fingerprint density at radius 1 is 1.14 bits per heavy atom. The molecule has 0 spiro atoms. The van der Waals surface area contributed by atoms with Gasteiger partial charge in [-0.15, -0.1) is 0 Å². The van der Waals surface area contributed by atoms with Crippen molar-refractivity contribution in [2.45, 2.75) is 57.0 Å². The molecule has 1 aromatic heterocycles. The lowest BCUT2D eigenvalue weighted by molar-refractivity contribution is -0.113. The molecule has 3 aromatic rings. The number of nitrogens with zero attached hydrogens (tertiary/aromatic N) is 2. The molecule has 0 bridgehead atoms. The standard InChI is InChI=1S/C26H30N4O4S/c1-17(2)34-15-7-14-30-25(33)20-9-4-6-11-22(20)29-26(30)35-16-23(31)28-21-10-5-3-8-19(21)24(32)27-18-12-13-18/h3-6,8-11,17-18H,7,12-16H2,1-2H3,(H,27,32)(H,28,31). The summed E-state index contributed by atoms with van der Waals surface area (Å²) in [6.07, 6.45) is 2.75. The number of hydrogen-bond acceptors (Lipinski definition) is 6. The maximum absolute atomic E-state index is 13.1. The second kappa shape index (κ2) is 11.5. The zero-order valence-corrected chi connectivity index (χ0v) is 20.8. The zero-order valence-electron chi connectivity index (χ0n) is 20.0. The third kappa shape index (κ3) is 6.70. The number of anilines is 1. The molecular formula is C26H30N4O4S. The van der Waals surface area contributed by atoms with Crippen molar-refractivity contribution in [3.63, 3.8) is 0 Å². The van der Waals surface area contributed by atoms with Crippen molar-refractivity contribution in [2.75, 3.05) is 17.7 Å². The Bertz CT molecular complexity index is 1270. The normalized spacial score (nSPS) is 13.2. The van der Waals surface area contributed by atoms with E-state index in [1.165, 1.54) is 11.8 Å². The first-order valence-electron chi connectivity index (χ1n) is 11.9. The molecule has 0 radical (unpaired) electrons. The summed E-state index contributed by atoms with van der Waals surface area (Å²) < 4.78 is 7.23. The fourth-order valence-corrected chi connectivity index (χ4v) is 4.42. The molecule has 2 N–H and O–H groups in total. The van der Waals surface area contributed by atoms with Gasteiger partial charge in [0.2, 0.25) is 5.91 Å². The van der Waals surface area contributed by atoms with Gasteiger partial charge in [0.15, 0.2) is 5.16 Å². The van der Waals surface area contributed by atoms with Crippen LogP contribution in [0.3, 0.4) is 0 Å². The smallest absolute Gasteiger partial charge is 0.262 e. The van der Waals surface area contributed by atoms with Crippen molar-refractivity contribution in [2.24, 2.45) is 0 Å². The monoisotopic (exact) mass is 494 g/mol. The molecule has 184 valence electrons. The predicted molar refractivity (Wildman–Crippen MR) is 138 cm³/mol.